The van der Waals surface area contributed by atoms with E-state index in [-0.39, 0.29) is 0 Å². The summed E-state index contributed by atoms with van der Waals surface area (Å²) in [5.41, 5.74) is 6.59. The van der Waals surface area contributed by atoms with Gasteiger partial charge in [0, 0.05) is 0 Å². The Hall–Kier alpha value is -0.520. The van der Waals surface area contributed by atoms with Gasteiger partial charge in [0.15, 0.2) is 0 Å². The third-order valence-corrected chi connectivity index (χ3v) is 27.8. The fourth-order valence-electron chi connectivity index (χ4n) is 18.1. The molecule has 554 valence electrons. The first-order valence-electron chi connectivity index (χ1n) is 42.2. The lowest BCUT2D eigenvalue weighted by molar-refractivity contribution is 0.0596. The van der Waals surface area contributed by atoms with Crippen LogP contribution in [-0.4, -0.2) is 0 Å². The van der Waals surface area contributed by atoms with Crippen molar-refractivity contribution in [1.82, 2.24) is 0 Å². The molecule has 0 aromatic carbocycles. The minimum absolute atomic E-state index is 0.493. The van der Waals surface area contributed by atoms with Crippen molar-refractivity contribution in [3.63, 3.8) is 0 Å². The maximum absolute atomic E-state index is 2.40. The van der Waals surface area contributed by atoms with Crippen LogP contribution in [0.4, 0.5) is 0 Å². The molecule has 11 fully saturated rings. The van der Waals surface area contributed by atoms with Crippen LogP contribution >= 0.6 is 0 Å². The summed E-state index contributed by atoms with van der Waals surface area (Å²) >= 11 is 0. The van der Waals surface area contributed by atoms with E-state index in [1.807, 2.05) is 0 Å². The second kappa shape index (κ2) is 36.1. The molecule has 6 unspecified atom stereocenters. The lowest BCUT2D eigenvalue weighted by Gasteiger charge is -2.44. The summed E-state index contributed by atoms with van der Waals surface area (Å²) in [5.74, 6) is 14.5. The van der Waals surface area contributed by atoms with Crippen LogP contribution < -0.4 is 0 Å². The van der Waals surface area contributed by atoms with Crippen LogP contribution in [-0.2, 0) is 0 Å². The molecular formula is C94H178. The topological polar surface area (TPSA) is 0 Å². The smallest absolute Gasteiger partial charge is 0.0182 e. The molecule has 0 aromatic heterocycles. The Morgan fingerprint density at radius 3 is 0.745 bits per heavy atom. The largest absolute Gasteiger partial charge is 0.0882 e. The minimum Gasteiger partial charge on any atom is -0.0882 e. The summed E-state index contributed by atoms with van der Waals surface area (Å²) in [4.78, 5) is 0. The molecule has 94 heavy (non-hydrogen) atoms. The van der Waals surface area contributed by atoms with Crippen LogP contribution in [0.3, 0.4) is 0 Å². The minimum atomic E-state index is 0.493. The van der Waals surface area contributed by atoms with E-state index in [2.05, 4.69) is 232 Å². The zero-order chi connectivity index (χ0) is 71.2. The molecule has 6 atom stereocenters. The lowest BCUT2D eigenvalue weighted by atomic mass is 9.61. The average Bonchev–Trinajstić information content (AvgIpc) is 1.21. The van der Waals surface area contributed by atoms with Crippen molar-refractivity contribution in [2.75, 3.05) is 0 Å². The fourth-order valence-corrected chi connectivity index (χ4v) is 18.1. The zero-order valence-electron chi connectivity index (χ0n) is 70.6. The van der Waals surface area contributed by atoms with Gasteiger partial charge >= 0.3 is 0 Å². The van der Waals surface area contributed by atoms with Gasteiger partial charge in [0.05, 0.1) is 0 Å². The van der Waals surface area contributed by atoms with E-state index in [1.54, 1.807) is 25.7 Å². The highest BCUT2D eigenvalue weighted by Gasteiger charge is 2.55. The van der Waals surface area contributed by atoms with Crippen molar-refractivity contribution in [1.29, 1.82) is 0 Å². The van der Waals surface area contributed by atoms with Crippen molar-refractivity contribution in [2.24, 2.45) is 142 Å². The molecule has 0 radical (unpaired) electrons. The molecule has 0 saturated heterocycles. The van der Waals surface area contributed by atoms with E-state index in [4.69, 9.17) is 0 Å². The number of hydrogen-bond acceptors (Lipinski definition) is 0. The van der Waals surface area contributed by atoms with Gasteiger partial charge in [0.25, 0.3) is 0 Å². The summed E-state index contributed by atoms with van der Waals surface area (Å²) in [6.07, 6.45) is 61.0. The van der Waals surface area contributed by atoms with E-state index in [9.17, 15) is 0 Å². The molecule has 0 heteroatoms. The van der Waals surface area contributed by atoms with Crippen LogP contribution in [0, 0.1) is 142 Å². The van der Waals surface area contributed by atoms with Gasteiger partial charge in [0.2, 0.25) is 0 Å². The molecule has 13 aliphatic carbocycles. The molecule has 0 aromatic rings. The third-order valence-electron chi connectivity index (χ3n) is 27.8. The summed E-state index contributed by atoms with van der Waals surface area (Å²) in [7, 11) is 0. The summed E-state index contributed by atoms with van der Waals surface area (Å²) in [5, 5.41) is 0. The Morgan fingerprint density at radius 2 is 0.511 bits per heavy atom. The number of rotatable bonds is 0. The van der Waals surface area contributed by atoms with Crippen molar-refractivity contribution >= 4 is 0 Å². The van der Waals surface area contributed by atoms with Gasteiger partial charge in [-0.2, -0.15) is 0 Å². The molecule has 13 rings (SSSR count). The maximum Gasteiger partial charge on any atom is -0.0182 e. The fraction of sp³-hybridized carbons (Fsp3) is 0.957. The SMILES string of the molecule is CC(C)(C)C1C=CCC1.CC(C)(C)C1CC1.CC(C)(C)C1CC2(CC2)C1.CC(C)(C)C1CC2CC2C1.CC(C)(C)C1CC=CC1.CC(C)(C)C1CCC1.CC(C)(C)C1CCC2CC2C1.CC(C)(C)C1CCCC1.CC(C)(C)C1CCCCC1.CC(C)(C)C1CCCCCC1. The van der Waals surface area contributed by atoms with Crippen LogP contribution in [0.15, 0.2) is 24.3 Å². The number of allylic oxidation sites excluding steroid dienone is 4. The lowest BCUT2D eigenvalue weighted by Crippen LogP contribution is -2.34. The van der Waals surface area contributed by atoms with Gasteiger partial charge in [-0.05, 0) is 303 Å². The second-order valence-electron chi connectivity index (χ2n) is 46.1. The van der Waals surface area contributed by atoms with Gasteiger partial charge in [-0.1, -0.05) is 296 Å². The summed E-state index contributed by atoms with van der Waals surface area (Å²) in [6, 6.07) is 0. The predicted molar refractivity (Wildman–Crippen MR) is 426 cm³/mol. The van der Waals surface area contributed by atoms with Crippen LogP contribution in [0.2, 0.25) is 0 Å². The van der Waals surface area contributed by atoms with Gasteiger partial charge in [-0.3, -0.25) is 0 Å². The van der Waals surface area contributed by atoms with Crippen molar-refractivity contribution in [3.05, 3.63) is 24.3 Å². The van der Waals surface area contributed by atoms with Gasteiger partial charge < -0.3 is 0 Å². The van der Waals surface area contributed by atoms with Crippen molar-refractivity contribution in [2.45, 2.75) is 432 Å². The molecule has 13 aliphatic rings. The van der Waals surface area contributed by atoms with Gasteiger partial charge in [-0.25, -0.2) is 0 Å². The zero-order valence-corrected chi connectivity index (χ0v) is 70.6. The molecule has 0 amide bonds. The molecule has 11 saturated carbocycles. The Bertz CT molecular complexity index is 2020. The first-order valence-corrected chi connectivity index (χ1v) is 42.2. The molecule has 0 N–H and O–H groups in total. The predicted octanol–water partition coefficient (Wildman–Crippen LogP) is 31.9. The molecule has 0 heterocycles. The number of hydrogen-bond donors (Lipinski definition) is 0. The quantitative estimate of drug-likeness (QED) is 0.168. The normalized spacial score (nSPS) is 28.8. The average molecular weight is 1310 g/mol. The van der Waals surface area contributed by atoms with Gasteiger partial charge in [-0.15, -0.1) is 0 Å². The molecular weight excluding hydrogens is 1130 g/mol. The summed E-state index contributed by atoms with van der Waals surface area (Å²) in [6.45, 7) is 70.8. The van der Waals surface area contributed by atoms with E-state index < -0.39 is 0 Å². The Kier molecular flexibility index (Phi) is 33.0. The highest BCUT2D eigenvalue weighted by atomic mass is 14.6. The van der Waals surface area contributed by atoms with Crippen molar-refractivity contribution < 1.29 is 0 Å². The Balaban J connectivity index is 0.000000223. The maximum atomic E-state index is 2.40. The molecule has 0 bridgehead atoms. The first-order chi connectivity index (χ1) is 42.9. The number of fused-ring (bicyclic) bond motifs is 2. The summed E-state index contributed by atoms with van der Waals surface area (Å²) < 4.78 is 0. The molecule has 1 spiro atoms. The monoisotopic (exact) mass is 1310 g/mol. The molecule has 0 aliphatic heterocycles. The van der Waals surface area contributed by atoms with Gasteiger partial charge in [0.1, 0.15) is 0 Å². The molecule has 0 nitrogen and oxygen atoms in total. The third kappa shape index (κ3) is 33.1. The first kappa shape index (κ1) is 85.9. The van der Waals surface area contributed by atoms with E-state index in [1.165, 1.54) is 199 Å². The van der Waals surface area contributed by atoms with Crippen LogP contribution in [0.1, 0.15) is 432 Å². The van der Waals surface area contributed by atoms with Crippen LogP contribution in [0.25, 0.3) is 0 Å². The van der Waals surface area contributed by atoms with E-state index in [0.717, 1.165) is 88.3 Å². The Labute approximate surface area is 595 Å². The van der Waals surface area contributed by atoms with Crippen molar-refractivity contribution in [3.8, 4) is 0 Å². The standard InChI is InChI=1S/C11H20.C11H22.2C10H18.C10H20.C9H18.2C9H16.C8H16.C7H14/c1-11(2,3)10-5-4-8-6-9(8)7-10;1-11(2,3)10-8-6-4-5-7-9-10;1-10(2,3)9-5-7-4-8(7)6-9;1-9(2,3)8-6-10(7-8)4-5-10;1-10(2,3)9-7-5-4-6-8-9;3*1-9(2,3)8-6-4-5-7-8;1-8(2,3)7-5-4-6-7;1-7(2,3)6-4-5-6/h8-10H,4-7H2,1-3H3;10H,4-9H2,1-3H3;7-9H,4-6H2,1-3H3;8H,4-7H2,1-3H3;9H,4-8H2,1-3H3;8H,4-7H2,1-3H3;4,6,8H,5,7H2,1-3H3;4-5,8H,6-7H2,1-3H3;7H,4-6H2,1-3H3;6H,4-5H2,1-3H3. The van der Waals surface area contributed by atoms with Crippen LogP contribution in [0.5, 0.6) is 0 Å². The Morgan fingerprint density at radius 1 is 0.223 bits per heavy atom. The van der Waals surface area contributed by atoms with E-state index in [0.29, 0.717) is 54.1 Å². The second-order valence-corrected chi connectivity index (χ2v) is 46.1. The highest BCUT2D eigenvalue weighted by Crippen LogP contribution is 2.67. The highest BCUT2D eigenvalue weighted by molar-refractivity contribution is 5.06. The van der Waals surface area contributed by atoms with E-state index >= 15 is 0 Å².